The topological polar surface area (TPSA) is 0 Å². The highest BCUT2D eigenvalue weighted by Gasteiger charge is 2.17. The quantitative estimate of drug-likeness (QED) is 0.698. The third-order valence-electron chi connectivity index (χ3n) is 2.40. The van der Waals surface area contributed by atoms with E-state index in [0.29, 0.717) is 5.56 Å². The molecule has 2 aromatic rings. The van der Waals surface area contributed by atoms with Crippen molar-refractivity contribution in [3.05, 3.63) is 57.3 Å². The first kappa shape index (κ1) is 11.7. The number of thiophene rings is 1. The van der Waals surface area contributed by atoms with Crippen molar-refractivity contribution in [3.63, 3.8) is 0 Å². The molecule has 0 saturated carbocycles. The summed E-state index contributed by atoms with van der Waals surface area (Å²) in [5.41, 5.74) is 2.59. The lowest BCUT2D eigenvalue weighted by Gasteiger charge is -2.11. The molecule has 1 unspecified atom stereocenters. The van der Waals surface area contributed by atoms with Gasteiger partial charge < -0.3 is 0 Å². The van der Waals surface area contributed by atoms with Crippen LogP contribution in [0.25, 0.3) is 0 Å². The number of benzene rings is 1. The summed E-state index contributed by atoms with van der Waals surface area (Å²) in [4.78, 5) is -0.223. The molecule has 0 amide bonds. The zero-order chi connectivity index (χ0) is 11.7. The molecule has 0 spiro atoms. The predicted octanol–water partition coefficient (Wildman–Crippen LogP) is 4.82. The zero-order valence-electron chi connectivity index (χ0n) is 8.51. The number of hydrogen-bond acceptors (Lipinski definition) is 1. The summed E-state index contributed by atoms with van der Waals surface area (Å²) in [7, 11) is 0. The first-order valence-corrected chi connectivity index (χ1v) is 6.57. The van der Waals surface area contributed by atoms with Crippen molar-refractivity contribution >= 4 is 27.3 Å². The van der Waals surface area contributed by atoms with E-state index in [0.717, 1.165) is 17.2 Å². The monoisotopic (exact) mass is 302 g/mol. The van der Waals surface area contributed by atoms with Crippen LogP contribution in [0.15, 0.2) is 29.0 Å². The molecule has 0 N–H and O–H groups in total. The van der Waals surface area contributed by atoms with Gasteiger partial charge in [0, 0.05) is 11.6 Å². The molecule has 0 aliphatic rings. The van der Waals surface area contributed by atoms with Gasteiger partial charge in [-0.15, -0.1) is 0 Å². The summed E-state index contributed by atoms with van der Waals surface area (Å²) in [6.07, 6.45) is 0. The Morgan fingerprint density at radius 2 is 1.94 bits per heavy atom. The van der Waals surface area contributed by atoms with Crippen molar-refractivity contribution in [2.75, 3.05) is 0 Å². The second-order valence-corrected chi connectivity index (χ2v) is 5.20. The minimum absolute atomic E-state index is 0.223. The van der Waals surface area contributed by atoms with Gasteiger partial charge >= 0.3 is 0 Å². The van der Waals surface area contributed by atoms with Gasteiger partial charge in [0.15, 0.2) is 0 Å². The standard InChI is InChI=1S/C12H9BrF2S/c1-7-5-16-6-10(7)12(13)9-3-2-8(14)4-11(9)15/h2-6,12H,1H3. The van der Waals surface area contributed by atoms with Crippen molar-refractivity contribution in [3.8, 4) is 0 Å². The highest BCUT2D eigenvalue weighted by atomic mass is 79.9. The van der Waals surface area contributed by atoms with E-state index in [1.165, 1.54) is 12.1 Å². The fourth-order valence-corrected chi connectivity index (χ4v) is 3.42. The zero-order valence-corrected chi connectivity index (χ0v) is 10.9. The van der Waals surface area contributed by atoms with Gasteiger partial charge in [-0.1, -0.05) is 22.0 Å². The molecule has 2 rings (SSSR count). The summed E-state index contributed by atoms with van der Waals surface area (Å²) in [5.74, 6) is -1.07. The molecule has 0 radical (unpaired) electrons. The summed E-state index contributed by atoms with van der Waals surface area (Å²) < 4.78 is 26.3. The highest BCUT2D eigenvalue weighted by Crippen LogP contribution is 2.35. The normalized spacial score (nSPS) is 12.8. The molecule has 0 saturated heterocycles. The fraction of sp³-hybridized carbons (Fsp3) is 0.167. The molecule has 16 heavy (non-hydrogen) atoms. The van der Waals surface area contributed by atoms with E-state index >= 15 is 0 Å². The second kappa shape index (κ2) is 4.63. The van der Waals surface area contributed by atoms with Crippen LogP contribution >= 0.6 is 27.3 Å². The third-order valence-corrected chi connectivity index (χ3v) is 4.27. The molecule has 0 nitrogen and oxygen atoms in total. The Kier molecular flexibility index (Phi) is 3.40. The van der Waals surface area contributed by atoms with Gasteiger partial charge in [0.05, 0.1) is 4.83 Å². The molecule has 1 aromatic carbocycles. The average molecular weight is 303 g/mol. The first-order valence-electron chi connectivity index (χ1n) is 4.71. The molecule has 0 aliphatic heterocycles. The van der Waals surface area contributed by atoms with E-state index in [4.69, 9.17) is 0 Å². The molecule has 0 bridgehead atoms. The molecule has 1 atom stereocenters. The molecule has 4 heteroatoms. The molecule has 1 heterocycles. The SMILES string of the molecule is Cc1cscc1C(Br)c1ccc(F)cc1F. The van der Waals surface area contributed by atoms with E-state index < -0.39 is 11.6 Å². The minimum Gasteiger partial charge on any atom is -0.207 e. The smallest absolute Gasteiger partial charge is 0.130 e. The van der Waals surface area contributed by atoms with Crippen LogP contribution in [0.2, 0.25) is 0 Å². The van der Waals surface area contributed by atoms with Crippen molar-refractivity contribution in [1.29, 1.82) is 0 Å². The molecule has 1 aromatic heterocycles. The lowest BCUT2D eigenvalue weighted by molar-refractivity contribution is 0.574. The average Bonchev–Trinajstić information content (AvgIpc) is 2.63. The molecule has 0 aliphatic carbocycles. The minimum atomic E-state index is -0.553. The molecular weight excluding hydrogens is 294 g/mol. The Hall–Kier alpha value is -0.740. The maximum atomic E-state index is 13.6. The number of hydrogen-bond donors (Lipinski definition) is 0. The van der Waals surface area contributed by atoms with Gasteiger partial charge in [0.2, 0.25) is 0 Å². The van der Waals surface area contributed by atoms with E-state index in [1.807, 2.05) is 17.7 Å². The molecule has 0 fully saturated rings. The van der Waals surface area contributed by atoms with Gasteiger partial charge in [0.25, 0.3) is 0 Å². The van der Waals surface area contributed by atoms with E-state index in [1.54, 1.807) is 11.3 Å². The number of alkyl halides is 1. The van der Waals surface area contributed by atoms with Crippen LogP contribution in [0.5, 0.6) is 0 Å². The fourth-order valence-electron chi connectivity index (χ4n) is 1.50. The van der Waals surface area contributed by atoms with Crippen molar-refractivity contribution in [1.82, 2.24) is 0 Å². The Labute approximate surface area is 105 Å². The lowest BCUT2D eigenvalue weighted by Crippen LogP contribution is -1.97. The molecule has 84 valence electrons. The van der Waals surface area contributed by atoms with Crippen LogP contribution in [0.1, 0.15) is 21.5 Å². The predicted molar refractivity (Wildman–Crippen MR) is 66.2 cm³/mol. The number of rotatable bonds is 2. The summed E-state index contributed by atoms with van der Waals surface area (Å²) in [6.45, 7) is 1.97. The van der Waals surface area contributed by atoms with Crippen molar-refractivity contribution < 1.29 is 8.78 Å². The first-order chi connectivity index (χ1) is 7.59. The van der Waals surface area contributed by atoms with Crippen LogP contribution < -0.4 is 0 Å². The van der Waals surface area contributed by atoms with E-state index in [9.17, 15) is 8.78 Å². The van der Waals surface area contributed by atoms with Gasteiger partial charge in [-0.05, 0) is 34.9 Å². The Balaban J connectivity index is 2.41. The van der Waals surface area contributed by atoms with E-state index in [2.05, 4.69) is 15.9 Å². The van der Waals surface area contributed by atoms with Crippen LogP contribution in [0, 0.1) is 18.6 Å². The Bertz CT molecular complexity index is 507. The van der Waals surface area contributed by atoms with Gasteiger partial charge in [-0.2, -0.15) is 11.3 Å². The molecular formula is C12H9BrF2S. The van der Waals surface area contributed by atoms with Crippen molar-refractivity contribution in [2.45, 2.75) is 11.8 Å². The lowest BCUT2D eigenvalue weighted by atomic mass is 10.0. The summed E-state index contributed by atoms with van der Waals surface area (Å²) in [5, 5.41) is 3.97. The van der Waals surface area contributed by atoms with Crippen LogP contribution in [-0.4, -0.2) is 0 Å². The summed E-state index contributed by atoms with van der Waals surface area (Å²) >= 11 is 5.02. The van der Waals surface area contributed by atoms with E-state index in [-0.39, 0.29) is 4.83 Å². The third kappa shape index (κ3) is 2.18. The second-order valence-electron chi connectivity index (χ2n) is 3.54. The Morgan fingerprint density at radius 3 is 2.50 bits per heavy atom. The van der Waals surface area contributed by atoms with Crippen LogP contribution in [-0.2, 0) is 0 Å². The van der Waals surface area contributed by atoms with Crippen LogP contribution in [0.4, 0.5) is 8.78 Å². The highest BCUT2D eigenvalue weighted by molar-refractivity contribution is 9.09. The van der Waals surface area contributed by atoms with Crippen LogP contribution in [0.3, 0.4) is 0 Å². The van der Waals surface area contributed by atoms with Gasteiger partial charge in [-0.25, -0.2) is 8.78 Å². The maximum Gasteiger partial charge on any atom is 0.130 e. The van der Waals surface area contributed by atoms with Gasteiger partial charge in [-0.3, -0.25) is 0 Å². The maximum absolute atomic E-state index is 13.6. The van der Waals surface area contributed by atoms with Gasteiger partial charge in [0.1, 0.15) is 11.6 Å². The Morgan fingerprint density at radius 1 is 1.19 bits per heavy atom. The number of aryl methyl sites for hydroxylation is 1. The van der Waals surface area contributed by atoms with Crippen molar-refractivity contribution in [2.24, 2.45) is 0 Å². The summed E-state index contributed by atoms with van der Waals surface area (Å²) in [6, 6.07) is 3.65. The largest absolute Gasteiger partial charge is 0.207 e. The number of halogens is 3.